The molecule has 1 heterocycles. The Balaban J connectivity index is 2.32. The quantitative estimate of drug-likeness (QED) is 0.705. The number of rotatable bonds is 5. The van der Waals surface area contributed by atoms with Crippen molar-refractivity contribution in [1.29, 1.82) is 0 Å². The van der Waals surface area contributed by atoms with Crippen molar-refractivity contribution in [2.75, 3.05) is 14.2 Å². The van der Waals surface area contributed by atoms with Crippen LogP contribution in [0.5, 0.6) is 28.7 Å². The molecule has 0 saturated carbocycles. The summed E-state index contributed by atoms with van der Waals surface area (Å²) in [7, 11) is 2.81. The summed E-state index contributed by atoms with van der Waals surface area (Å²) in [6.07, 6.45) is 1.01. The molecule has 7 nitrogen and oxygen atoms in total. The minimum Gasteiger partial charge on any atom is -0.504 e. The fraction of sp³-hybridized carbons (Fsp3) is 0.250. The lowest BCUT2D eigenvalue weighted by Gasteiger charge is -2.16. The second-order valence-corrected chi connectivity index (χ2v) is 6.16. The predicted molar refractivity (Wildman–Crippen MR) is 100 cm³/mol. The van der Waals surface area contributed by atoms with Gasteiger partial charge in [0.15, 0.2) is 23.0 Å². The van der Waals surface area contributed by atoms with Crippen LogP contribution in [0.1, 0.15) is 13.8 Å². The van der Waals surface area contributed by atoms with E-state index in [0.29, 0.717) is 11.3 Å². The Morgan fingerprint density at radius 1 is 1.00 bits per heavy atom. The van der Waals surface area contributed by atoms with E-state index >= 15 is 0 Å². The number of hydrogen-bond donors (Lipinski definition) is 2. The minimum absolute atomic E-state index is 0.0539. The molecule has 0 bridgehead atoms. The molecule has 0 amide bonds. The van der Waals surface area contributed by atoms with Crippen molar-refractivity contribution >= 4 is 11.0 Å². The third-order valence-electron chi connectivity index (χ3n) is 4.00. The number of aromatic hydroxyl groups is 2. The van der Waals surface area contributed by atoms with Gasteiger partial charge >= 0.3 is 0 Å². The van der Waals surface area contributed by atoms with Gasteiger partial charge in [0.25, 0.3) is 0 Å². The molecular formula is C20H20O7. The highest BCUT2D eigenvalue weighted by Crippen LogP contribution is 2.43. The van der Waals surface area contributed by atoms with Gasteiger partial charge in [-0.1, -0.05) is 6.07 Å². The number of ether oxygens (including phenoxy) is 3. The molecule has 2 N–H and O–H groups in total. The van der Waals surface area contributed by atoms with Crippen LogP contribution in [0.25, 0.3) is 22.1 Å². The summed E-state index contributed by atoms with van der Waals surface area (Å²) < 4.78 is 21.6. The number of fused-ring (bicyclic) bond motifs is 1. The van der Waals surface area contributed by atoms with Crippen LogP contribution < -0.4 is 19.6 Å². The van der Waals surface area contributed by atoms with Crippen LogP contribution in [0, 0.1) is 0 Å². The van der Waals surface area contributed by atoms with Crippen LogP contribution in [-0.2, 0) is 0 Å². The molecule has 0 aliphatic heterocycles. The van der Waals surface area contributed by atoms with Crippen LogP contribution in [0.3, 0.4) is 0 Å². The largest absolute Gasteiger partial charge is 0.504 e. The number of benzene rings is 2. The van der Waals surface area contributed by atoms with Crippen LogP contribution in [0.2, 0.25) is 0 Å². The van der Waals surface area contributed by atoms with E-state index in [2.05, 4.69) is 0 Å². The average molecular weight is 372 g/mol. The van der Waals surface area contributed by atoms with Crippen molar-refractivity contribution in [3.63, 3.8) is 0 Å². The van der Waals surface area contributed by atoms with Gasteiger partial charge in [0.1, 0.15) is 17.2 Å². The molecule has 0 fully saturated rings. The van der Waals surface area contributed by atoms with Gasteiger partial charge in [0.05, 0.1) is 25.9 Å². The van der Waals surface area contributed by atoms with E-state index in [-0.39, 0.29) is 51.1 Å². The Kier molecular flexibility index (Phi) is 4.85. The van der Waals surface area contributed by atoms with E-state index < -0.39 is 0 Å². The third kappa shape index (κ3) is 3.23. The number of phenols is 2. The van der Waals surface area contributed by atoms with Gasteiger partial charge in [-0.15, -0.1) is 0 Å². The van der Waals surface area contributed by atoms with Crippen molar-refractivity contribution in [3.8, 4) is 39.9 Å². The van der Waals surface area contributed by atoms with Crippen LogP contribution >= 0.6 is 0 Å². The van der Waals surface area contributed by atoms with Gasteiger partial charge in [-0.25, -0.2) is 0 Å². The van der Waals surface area contributed by atoms with Gasteiger partial charge in [-0.05, 0) is 31.5 Å². The van der Waals surface area contributed by atoms with Gasteiger partial charge in [0.2, 0.25) is 11.2 Å². The summed E-state index contributed by atoms with van der Waals surface area (Å²) >= 11 is 0. The SMILES string of the molecule is COc1ccc(-c2coc3cc(O)c(OC)c(OC(C)C)c3c2=O)cc1O. The summed E-state index contributed by atoms with van der Waals surface area (Å²) in [4.78, 5) is 13.2. The molecule has 27 heavy (non-hydrogen) atoms. The Labute approximate surface area is 155 Å². The number of methoxy groups -OCH3 is 2. The second-order valence-electron chi connectivity index (χ2n) is 6.16. The standard InChI is InChI=1S/C20H20O7/c1-10(2)27-20-17-16(8-14(22)19(20)25-4)26-9-12(18(17)23)11-5-6-15(24-3)13(21)7-11/h5-10,21-22H,1-4H3. The summed E-state index contributed by atoms with van der Waals surface area (Å²) in [6, 6.07) is 5.91. The minimum atomic E-state index is -0.380. The Bertz CT molecular complexity index is 1050. The van der Waals surface area contributed by atoms with Gasteiger partial charge in [0, 0.05) is 6.07 Å². The topological polar surface area (TPSA) is 98.4 Å². The first kappa shape index (κ1) is 18.4. The summed E-state index contributed by atoms with van der Waals surface area (Å²) in [6.45, 7) is 3.59. The van der Waals surface area contributed by atoms with Crippen LogP contribution in [0.4, 0.5) is 0 Å². The first-order chi connectivity index (χ1) is 12.9. The molecule has 142 valence electrons. The van der Waals surface area contributed by atoms with Crippen molar-refractivity contribution < 1.29 is 28.8 Å². The van der Waals surface area contributed by atoms with Crippen molar-refractivity contribution in [2.24, 2.45) is 0 Å². The smallest absolute Gasteiger partial charge is 0.204 e. The zero-order chi connectivity index (χ0) is 19.7. The Morgan fingerprint density at radius 3 is 2.33 bits per heavy atom. The Morgan fingerprint density at radius 2 is 1.74 bits per heavy atom. The first-order valence-corrected chi connectivity index (χ1v) is 8.26. The highest BCUT2D eigenvalue weighted by Gasteiger charge is 2.22. The highest BCUT2D eigenvalue weighted by atomic mass is 16.5. The molecule has 7 heteroatoms. The van der Waals surface area contributed by atoms with E-state index in [9.17, 15) is 15.0 Å². The van der Waals surface area contributed by atoms with Gasteiger partial charge in [-0.3, -0.25) is 4.79 Å². The van der Waals surface area contributed by atoms with E-state index in [1.54, 1.807) is 26.0 Å². The van der Waals surface area contributed by atoms with Gasteiger partial charge in [-0.2, -0.15) is 0 Å². The van der Waals surface area contributed by atoms with Crippen molar-refractivity contribution in [1.82, 2.24) is 0 Å². The summed E-state index contributed by atoms with van der Waals surface area (Å²) in [5.41, 5.74) is 0.457. The molecule has 0 aliphatic carbocycles. The lowest BCUT2D eigenvalue weighted by molar-refractivity contribution is 0.230. The van der Waals surface area contributed by atoms with Crippen molar-refractivity contribution in [3.05, 3.63) is 40.8 Å². The summed E-state index contributed by atoms with van der Waals surface area (Å²) in [5, 5.41) is 20.3. The van der Waals surface area contributed by atoms with E-state index in [0.717, 1.165) is 0 Å². The van der Waals surface area contributed by atoms with Crippen LogP contribution in [0.15, 0.2) is 39.7 Å². The molecule has 1 aromatic heterocycles. The molecule has 3 aromatic rings. The maximum absolute atomic E-state index is 13.2. The average Bonchev–Trinajstić information content (AvgIpc) is 2.61. The van der Waals surface area contributed by atoms with E-state index in [1.807, 2.05) is 0 Å². The molecule has 2 aromatic carbocycles. The normalized spacial score (nSPS) is 11.0. The lowest BCUT2D eigenvalue weighted by atomic mass is 10.0. The molecule has 0 spiro atoms. The molecule has 0 radical (unpaired) electrons. The first-order valence-electron chi connectivity index (χ1n) is 8.26. The van der Waals surface area contributed by atoms with Gasteiger partial charge < -0.3 is 28.8 Å². The molecule has 3 rings (SSSR count). The van der Waals surface area contributed by atoms with E-state index in [4.69, 9.17) is 18.6 Å². The fourth-order valence-corrected chi connectivity index (χ4v) is 2.82. The second kappa shape index (κ2) is 7.11. The highest BCUT2D eigenvalue weighted by molar-refractivity contribution is 5.91. The molecule has 0 unspecified atom stereocenters. The van der Waals surface area contributed by atoms with Crippen molar-refractivity contribution in [2.45, 2.75) is 20.0 Å². The molecule has 0 atom stereocenters. The maximum Gasteiger partial charge on any atom is 0.204 e. The maximum atomic E-state index is 13.2. The number of hydrogen-bond acceptors (Lipinski definition) is 7. The molecular weight excluding hydrogens is 352 g/mol. The molecule has 0 saturated heterocycles. The van der Waals surface area contributed by atoms with Crippen LogP contribution in [-0.4, -0.2) is 30.5 Å². The number of phenolic OH excluding ortho intramolecular Hbond substituents is 2. The zero-order valence-electron chi connectivity index (χ0n) is 15.4. The monoisotopic (exact) mass is 372 g/mol. The molecule has 0 aliphatic rings. The Hall–Kier alpha value is -3.35. The summed E-state index contributed by atoms with van der Waals surface area (Å²) in [5.74, 6) is 0.156. The lowest BCUT2D eigenvalue weighted by Crippen LogP contribution is -2.12. The fourth-order valence-electron chi connectivity index (χ4n) is 2.82. The third-order valence-corrected chi connectivity index (χ3v) is 4.00. The zero-order valence-corrected chi connectivity index (χ0v) is 15.4. The predicted octanol–water partition coefficient (Wildman–Crippen LogP) is 3.68. The van der Waals surface area contributed by atoms with E-state index in [1.165, 1.54) is 32.6 Å².